The van der Waals surface area contributed by atoms with Gasteiger partial charge in [-0.1, -0.05) is 49.2 Å². The molecule has 134 valence electrons. The Bertz CT molecular complexity index is 943. The highest BCUT2D eigenvalue weighted by molar-refractivity contribution is 6.42. The number of furan rings is 1. The molecule has 0 bridgehead atoms. The van der Waals surface area contributed by atoms with Gasteiger partial charge >= 0.3 is 0 Å². The molecule has 2 aromatic carbocycles. The molecule has 0 saturated heterocycles. The molecule has 5 heteroatoms. The first-order valence-electron chi connectivity index (χ1n) is 8.32. The summed E-state index contributed by atoms with van der Waals surface area (Å²) in [5, 5.41) is 3.82. The summed E-state index contributed by atoms with van der Waals surface area (Å²) in [5.41, 5.74) is 3.22. The highest BCUT2D eigenvalue weighted by Crippen LogP contribution is 2.31. The van der Waals surface area contributed by atoms with Crippen LogP contribution in [0.15, 0.2) is 52.9 Å². The van der Waals surface area contributed by atoms with Gasteiger partial charge in [-0.15, -0.1) is 0 Å². The van der Waals surface area contributed by atoms with Crippen molar-refractivity contribution in [3.63, 3.8) is 0 Å². The highest BCUT2D eigenvalue weighted by atomic mass is 35.5. The Balaban J connectivity index is 1.81. The van der Waals surface area contributed by atoms with Gasteiger partial charge in [-0.2, -0.15) is 0 Å². The van der Waals surface area contributed by atoms with E-state index in [1.165, 1.54) is 5.56 Å². The molecule has 26 heavy (non-hydrogen) atoms. The summed E-state index contributed by atoms with van der Waals surface area (Å²) in [6, 6.07) is 14.8. The van der Waals surface area contributed by atoms with E-state index in [9.17, 15) is 4.79 Å². The van der Waals surface area contributed by atoms with Gasteiger partial charge in [-0.05, 0) is 54.8 Å². The summed E-state index contributed by atoms with van der Waals surface area (Å²) >= 11 is 12.0. The number of rotatable bonds is 4. The van der Waals surface area contributed by atoms with E-state index in [-0.39, 0.29) is 5.91 Å². The van der Waals surface area contributed by atoms with Crippen LogP contribution in [0.1, 0.15) is 41.4 Å². The number of carbonyl (C=O) groups excluding carboxylic acids is 1. The summed E-state index contributed by atoms with van der Waals surface area (Å²) in [6.07, 6.45) is 0. The van der Waals surface area contributed by atoms with Crippen LogP contribution in [0, 0.1) is 6.92 Å². The predicted octanol–water partition coefficient (Wildman–Crippen LogP) is 6.94. The van der Waals surface area contributed by atoms with Crippen molar-refractivity contribution in [2.24, 2.45) is 0 Å². The standard InChI is InChI=1S/C21H19Cl2NO2/c1-12(2)14-4-7-16(8-5-14)24-21(25)17-11-20(26-13(17)3)15-6-9-18(22)19(23)10-15/h4-12H,1-3H3,(H,24,25). The molecule has 0 radical (unpaired) electrons. The van der Waals surface area contributed by atoms with Crippen LogP contribution < -0.4 is 5.32 Å². The van der Waals surface area contributed by atoms with Crippen molar-refractivity contribution in [2.45, 2.75) is 26.7 Å². The molecule has 0 fully saturated rings. The topological polar surface area (TPSA) is 42.2 Å². The number of carbonyl (C=O) groups is 1. The first-order chi connectivity index (χ1) is 12.3. The fourth-order valence-electron chi connectivity index (χ4n) is 2.65. The Labute approximate surface area is 162 Å². The maximum atomic E-state index is 12.6. The summed E-state index contributed by atoms with van der Waals surface area (Å²) in [7, 11) is 0. The second-order valence-electron chi connectivity index (χ2n) is 6.44. The number of aryl methyl sites for hydroxylation is 1. The average molecular weight is 388 g/mol. The fourth-order valence-corrected chi connectivity index (χ4v) is 2.95. The van der Waals surface area contributed by atoms with Crippen molar-refractivity contribution in [2.75, 3.05) is 5.32 Å². The molecule has 0 aliphatic rings. The predicted molar refractivity (Wildman–Crippen MR) is 107 cm³/mol. The first kappa shape index (κ1) is 18.6. The van der Waals surface area contributed by atoms with Gasteiger partial charge in [-0.25, -0.2) is 0 Å². The maximum absolute atomic E-state index is 12.6. The van der Waals surface area contributed by atoms with Crippen LogP contribution in [0.25, 0.3) is 11.3 Å². The van der Waals surface area contributed by atoms with Crippen molar-refractivity contribution in [3.05, 3.63) is 75.5 Å². The van der Waals surface area contributed by atoms with E-state index in [0.29, 0.717) is 33.0 Å². The molecule has 3 rings (SSSR count). The molecular formula is C21H19Cl2NO2. The van der Waals surface area contributed by atoms with Gasteiger partial charge in [0.1, 0.15) is 11.5 Å². The van der Waals surface area contributed by atoms with Crippen LogP contribution in [-0.4, -0.2) is 5.91 Å². The molecular weight excluding hydrogens is 369 g/mol. The van der Waals surface area contributed by atoms with Crippen LogP contribution >= 0.6 is 23.2 Å². The van der Waals surface area contributed by atoms with E-state index in [1.54, 1.807) is 31.2 Å². The molecule has 1 N–H and O–H groups in total. The van der Waals surface area contributed by atoms with Crippen molar-refractivity contribution < 1.29 is 9.21 Å². The maximum Gasteiger partial charge on any atom is 0.259 e. The number of hydrogen-bond donors (Lipinski definition) is 1. The van der Waals surface area contributed by atoms with Crippen LogP contribution in [0.5, 0.6) is 0 Å². The summed E-state index contributed by atoms with van der Waals surface area (Å²) in [6.45, 7) is 6.03. The minimum absolute atomic E-state index is 0.213. The number of halogens is 2. The van der Waals surface area contributed by atoms with Gasteiger partial charge in [-0.3, -0.25) is 4.79 Å². The Morgan fingerprint density at radius 3 is 2.31 bits per heavy atom. The lowest BCUT2D eigenvalue weighted by Crippen LogP contribution is -2.12. The SMILES string of the molecule is Cc1oc(-c2ccc(Cl)c(Cl)c2)cc1C(=O)Nc1ccc(C(C)C)cc1. The fraction of sp³-hybridized carbons (Fsp3) is 0.190. The summed E-state index contributed by atoms with van der Waals surface area (Å²) in [4.78, 5) is 12.6. The minimum atomic E-state index is -0.213. The third-order valence-corrected chi connectivity index (χ3v) is 4.94. The Morgan fingerprint density at radius 2 is 1.69 bits per heavy atom. The number of hydrogen-bond acceptors (Lipinski definition) is 2. The second-order valence-corrected chi connectivity index (χ2v) is 7.25. The second kappa shape index (κ2) is 7.56. The molecule has 0 unspecified atom stereocenters. The van der Waals surface area contributed by atoms with E-state index in [2.05, 4.69) is 19.2 Å². The lowest BCUT2D eigenvalue weighted by Gasteiger charge is -2.08. The van der Waals surface area contributed by atoms with Crippen LogP contribution in [0.4, 0.5) is 5.69 Å². The molecule has 1 heterocycles. The largest absolute Gasteiger partial charge is 0.461 e. The van der Waals surface area contributed by atoms with Crippen LogP contribution in [-0.2, 0) is 0 Å². The number of amides is 1. The number of anilines is 1. The van der Waals surface area contributed by atoms with Gasteiger partial charge in [0.15, 0.2) is 0 Å². The molecule has 3 aromatic rings. The molecule has 0 saturated carbocycles. The summed E-state index contributed by atoms with van der Waals surface area (Å²) in [5.74, 6) is 1.35. The van der Waals surface area contributed by atoms with Crippen molar-refractivity contribution >= 4 is 34.8 Å². The van der Waals surface area contributed by atoms with Gasteiger partial charge in [0.05, 0.1) is 15.6 Å². The number of benzene rings is 2. The van der Waals surface area contributed by atoms with Gasteiger partial charge < -0.3 is 9.73 Å². The zero-order valence-electron chi connectivity index (χ0n) is 14.8. The van der Waals surface area contributed by atoms with Gasteiger partial charge in [0.2, 0.25) is 0 Å². The van der Waals surface area contributed by atoms with Gasteiger partial charge in [0.25, 0.3) is 5.91 Å². The van der Waals surface area contributed by atoms with Crippen molar-refractivity contribution in [1.82, 2.24) is 0 Å². The van der Waals surface area contributed by atoms with E-state index >= 15 is 0 Å². The third kappa shape index (κ3) is 3.95. The molecule has 0 spiro atoms. The van der Waals surface area contributed by atoms with Crippen molar-refractivity contribution in [3.8, 4) is 11.3 Å². The number of nitrogens with one attached hydrogen (secondary N) is 1. The molecule has 3 nitrogen and oxygen atoms in total. The molecule has 0 aliphatic heterocycles. The van der Waals surface area contributed by atoms with Crippen LogP contribution in [0.2, 0.25) is 10.0 Å². The van der Waals surface area contributed by atoms with Crippen LogP contribution in [0.3, 0.4) is 0 Å². The lowest BCUT2D eigenvalue weighted by molar-refractivity contribution is 0.102. The average Bonchev–Trinajstić information content (AvgIpc) is 2.99. The molecule has 1 aromatic heterocycles. The van der Waals surface area contributed by atoms with E-state index < -0.39 is 0 Å². The molecule has 0 atom stereocenters. The summed E-state index contributed by atoms with van der Waals surface area (Å²) < 4.78 is 5.74. The van der Waals surface area contributed by atoms with E-state index in [0.717, 1.165) is 11.3 Å². The Hall–Kier alpha value is -2.23. The smallest absolute Gasteiger partial charge is 0.259 e. The van der Waals surface area contributed by atoms with Gasteiger partial charge in [0, 0.05) is 11.3 Å². The Kier molecular flexibility index (Phi) is 5.40. The van der Waals surface area contributed by atoms with Crippen molar-refractivity contribution in [1.29, 1.82) is 0 Å². The van der Waals surface area contributed by atoms with E-state index in [4.69, 9.17) is 27.6 Å². The monoisotopic (exact) mass is 387 g/mol. The lowest BCUT2D eigenvalue weighted by atomic mass is 10.0. The zero-order valence-corrected chi connectivity index (χ0v) is 16.3. The minimum Gasteiger partial charge on any atom is -0.461 e. The quantitative estimate of drug-likeness (QED) is 0.526. The molecule has 0 aliphatic carbocycles. The first-order valence-corrected chi connectivity index (χ1v) is 9.08. The normalized spacial score (nSPS) is 11.0. The zero-order chi connectivity index (χ0) is 18.8. The highest BCUT2D eigenvalue weighted by Gasteiger charge is 2.17. The third-order valence-electron chi connectivity index (χ3n) is 4.20. The Morgan fingerprint density at radius 1 is 1.00 bits per heavy atom. The van der Waals surface area contributed by atoms with E-state index in [1.807, 2.05) is 24.3 Å². The molecule has 1 amide bonds.